The van der Waals surface area contributed by atoms with Crippen molar-refractivity contribution in [3.05, 3.63) is 41.4 Å². The first-order valence-corrected chi connectivity index (χ1v) is 4.93. The summed E-state index contributed by atoms with van der Waals surface area (Å²) < 4.78 is 23.3. The normalized spacial score (nSPS) is 14.2. The number of halogens is 1. The van der Waals surface area contributed by atoms with Crippen molar-refractivity contribution in [1.29, 1.82) is 0 Å². The Bertz CT molecular complexity index is 452. The van der Waals surface area contributed by atoms with E-state index < -0.39 is 5.82 Å². The van der Waals surface area contributed by atoms with Crippen molar-refractivity contribution in [3.8, 4) is 5.75 Å². The molecule has 2 rings (SSSR count). The Labute approximate surface area is 92.5 Å². The van der Waals surface area contributed by atoms with E-state index in [0.29, 0.717) is 12.4 Å². The van der Waals surface area contributed by atoms with E-state index >= 15 is 0 Å². The topological polar surface area (TPSA) is 35.5 Å². The van der Waals surface area contributed by atoms with Crippen LogP contribution in [0.3, 0.4) is 0 Å². The Kier molecular flexibility index (Phi) is 2.90. The highest BCUT2D eigenvalue weighted by molar-refractivity contribution is 6.07. The standard InChI is InChI=1S/C12H11FO3/c1-15-10-5-4-8(7-9(10)13)12(14)11-3-2-6-16-11/h3-5,7H,2,6H2,1H3. The van der Waals surface area contributed by atoms with Gasteiger partial charge in [0.15, 0.2) is 17.3 Å². The van der Waals surface area contributed by atoms with Crippen LogP contribution in [0, 0.1) is 5.82 Å². The van der Waals surface area contributed by atoms with Gasteiger partial charge in [-0.1, -0.05) is 0 Å². The quantitative estimate of drug-likeness (QED) is 0.736. The molecule has 0 spiro atoms. The van der Waals surface area contributed by atoms with Crippen molar-refractivity contribution in [2.75, 3.05) is 13.7 Å². The molecule has 0 saturated carbocycles. The van der Waals surface area contributed by atoms with Crippen LogP contribution in [0.25, 0.3) is 0 Å². The number of hydrogen-bond donors (Lipinski definition) is 0. The lowest BCUT2D eigenvalue weighted by Crippen LogP contribution is -2.04. The molecule has 1 aromatic rings. The number of allylic oxidation sites excluding steroid dienone is 1. The fourth-order valence-corrected chi connectivity index (χ4v) is 1.53. The Morgan fingerprint density at radius 3 is 2.88 bits per heavy atom. The molecule has 0 atom stereocenters. The molecule has 0 N–H and O–H groups in total. The third-order valence-corrected chi connectivity index (χ3v) is 2.34. The summed E-state index contributed by atoms with van der Waals surface area (Å²) in [4.78, 5) is 11.8. The summed E-state index contributed by atoms with van der Waals surface area (Å²) in [6, 6.07) is 4.11. The molecule has 0 radical (unpaired) electrons. The van der Waals surface area contributed by atoms with Gasteiger partial charge in [0.2, 0.25) is 5.78 Å². The monoisotopic (exact) mass is 222 g/mol. The van der Waals surface area contributed by atoms with E-state index in [4.69, 9.17) is 9.47 Å². The summed E-state index contributed by atoms with van der Waals surface area (Å²) in [5, 5.41) is 0. The maximum absolute atomic E-state index is 13.4. The van der Waals surface area contributed by atoms with Gasteiger partial charge in [-0.3, -0.25) is 4.79 Å². The lowest BCUT2D eigenvalue weighted by atomic mass is 10.1. The molecular formula is C12H11FO3. The fraction of sp³-hybridized carbons (Fsp3) is 0.250. The van der Waals surface area contributed by atoms with E-state index in [9.17, 15) is 9.18 Å². The van der Waals surface area contributed by atoms with Crippen LogP contribution >= 0.6 is 0 Å². The molecule has 0 amide bonds. The Morgan fingerprint density at radius 1 is 1.50 bits per heavy atom. The molecule has 0 aliphatic carbocycles. The van der Waals surface area contributed by atoms with E-state index in [1.807, 2.05) is 0 Å². The minimum Gasteiger partial charge on any atom is -0.494 e. The van der Waals surface area contributed by atoms with Gasteiger partial charge in [0.25, 0.3) is 0 Å². The highest BCUT2D eigenvalue weighted by Crippen LogP contribution is 2.21. The number of methoxy groups -OCH3 is 1. The van der Waals surface area contributed by atoms with Crippen molar-refractivity contribution >= 4 is 5.78 Å². The Hall–Kier alpha value is -1.84. The van der Waals surface area contributed by atoms with Crippen molar-refractivity contribution in [3.63, 3.8) is 0 Å². The molecule has 84 valence electrons. The molecule has 1 heterocycles. The third kappa shape index (κ3) is 1.91. The fourth-order valence-electron chi connectivity index (χ4n) is 1.53. The first kappa shape index (κ1) is 10.7. The predicted molar refractivity (Wildman–Crippen MR) is 55.9 cm³/mol. The Balaban J connectivity index is 2.27. The summed E-state index contributed by atoms with van der Waals surface area (Å²) in [7, 11) is 1.38. The molecule has 0 aromatic heterocycles. The third-order valence-electron chi connectivity index (χ3n) is 2.34. The maximum atomic E-state index is 13.4. The average Bonchev–Trinajstić information content (AvgIpc) is 2.81. The highest BCUT2D eigenvalue weighted by atomic mass is 19.1. The van der Waals surface area contributed by atoms with Crippen LogP contribution in [-0.2, 0) is 4.74 Å². The van der Waals surface area contributed by atoms with Crippen LogP contribution in [0.2, 0.25) is 0 Å². The van der Waals surface area contributed by atoms with E-state index in [1.165, 1.54) is 19.2 Å². The molecule has 4 heteroatoms. The molecule has 16 heavy (non-hydrogen) atoms. The number of Topliss-reactive ketones (excluding diaryl/α,β-unsaturated/α-hetero) is 1. The van der Waals surface area contributed by atoms with Crippen molar-refractivity contribution in [1.82, 2.24) is 0 Å². The number of rotatable bonds is 3. The minimum atomic E-state index is -0.549. The first-order chi connectivity index (χ1) is 7.72. The molecule has 3 nitrogen and oxygen atoms in total. The number of ketones is 1. The molecule has 1 aromatic carbocycles. The van der Waals surface area contributed by atoms with Gasteiger partial charge in [-0.15, -0.1) is 0 Å². The van der Waals surface area contributed by atoms with Gasteiger partial charge in [0, 0.05) is 12.0 Å². The van der Waals surface area contributed by atoms with E-state index in [-0.39, 0.29) is 17.1 Å². The summed E-state index contributed by atoms with van der Waals surface area (Å²) in [6.07, 6.45) is 2.43. The van der Waals surface area contributed by atoms with Crippen LogP contribution in [0.4, 0.5) is 4.39 Å². The lowest BCUT2D eigenvalue weighted by molar-refractivity contribution is 0.0942. The van der Waals surface area contributed by atoms with Crippen LogP contribution in [-0.4, -0.2) is 19.5 Å². The average molecular weight is 222 g/mol. The largest absolute Gasteiger partial charge is 0.494 e. The second-order valence-corrected chi connectivity index (χ2v) is 3.38. The summed E-state index contributed by atoms with van der Waals surface area (Å²) in [5.41, 5.74) is 0.270. The second kappa shape index (κ2) is 4.35. The summed E-state index contributed by atoms with van der Waals surface area (Å²) in [6.45, 7) is 0.514. The number of hydrogen-bond acceptors (Lipinski definition) is 3. The SMILES string of the molecule is COc1ccc(C(=O)C2=CCCO2)cc1F. The van der Waals surface area contributed by atoms with E-state index in [1.54, 1.807) is 6.08 Å². The zero-order valence-corrected chi connectivity index (χ0v) is 8.83. The van der Waals surface area contributed by atoms with Gasteiger partial charge in [0.1, 0.15) is 0 Å². The zero-order chi connectivity index (χ0) is 11.5. The summed E-state index contributed by atoms with van der Waals surface area (Å²) >= 11 is 0. The van der Waals surface area contributed by atoms with Gasteiger partial charge >= 0.3 is 0 Å². The number of carbonyl (C=O) groups is 1. The number of benzene rings is 1. The van der Waals surface area contributed by atoms with Crippen molar-refractivity contribution in [2.45, 2.75) is 6.42 Å². The van der Waals surface area contributed by atoms with Gasteiger partial charge in [-0.2, -0.15) is 0 Å². The minimum absolute atomic E-state index is 0.123. The van der Waals surface area contributed by atoms with Crippen molar-refractivity contribution in [2.24, 2.45) is 0 Å². The predicted octanol–water partition coefficient (Wildman–Crippen LogP) is 2.32. The second-order valence-electron chi connectivity index (χ2n) is 3.38. The molecule has 0 unspecified atom stereocenters. The number of carbonyl (C=O) groups excluding carboxylic acids is 1. The molecule has 1 aliphatic rings. The zero-order valence-electron chi connectivity index (χ0n) is 8.83. The lowest BCUT2D eigenvalue weighted by Gasteiger charge is -2.05. The molecule has 0 bridgehead atoms. The molecular weight excluding hydrogens is 211 g/mol. The number of ether oxygens (including phenoxy) is 2. The summed E-state index contributed by atoms with van der Waals surface area (Å²) in [5.74, 6) is -0.423. The molecule has 1 aliphatic heterocycles. The maximum Gasteiger partial charge on any atom is 0.227 e. The highest BCUT2D eigenvalue weighted by Gasteiger charge is 2.18. The van der Waals surface area contributed by atoms with E-state index in [0.717, 1.165) is 12.5 Å². The smallest absolute Gasteiger partial charge is 0.227 e. The molecule has 0 fully saturated rings. The van der Waals surface area contributed by atoms with Crippen LogP contribution in [0.15, 0.2) is 30.0 Å². The van der Waals surface area contributed by atoms with E-state index in [2.05, 4.69) is 0 Å². The van der Waals surface area contributed by atoms with Crippen LogP contribution < -0.4 is 4.74 Å². The Morgan fingerprint density at radius 2 is 2.31 bits per heavy atom. The van der Waals surface area contributed by atoms with Gasteiger partial charge in [-0.25, -0.2) is 4.39 Å². The van der Waals surface area contributed by atoms with Crippen LogP contribution in [0.5, 0.6) is 5.75 Å². The van der Waals surface area contributed by atoms with Crippen molar-refractivity contribution < 1.29 is 18.7 Å². The van der Waals surface area contributed by atoms with Gasteiger partial charge in [0.05, 0.1) is 13.7 Å². The first-order valence-electron chi connectivity index (χ1n) is 4.93. The molecule has 0 saturated heterocycles. The van der Waals surface area contributed by atoms with Gasteiger partial charge in [-0.05, 0) is 24.3 Å². The van der Waals surface area contributed by atoms with Crippen LogP contribution in [0.1, 0.15) is 16.8 Å². The van der Waals surface area contributed by atoms with Gasteiger partial charge < -0.3 is 9.47 Å².